The molecule has 5 heteroatoms. The van der Waals surface area contributed by atoms with Crippen molar-refractivity contribution < 1.29 is 9.72 Å². The van der Waals surface area contributed by atoms with Crippen LogP contribution in [0.3, 0.4) is 0 Å². The predicted molar refractivity (Wildman–Crippen MR) is 110 cm³/mol. The smallest absolute Gasteiger partial charge is 0.272 e. The molecule has 0 aliphatic carbocycles. The first-order chi connectivity index (χ1) is 13.5. The normalized spacial score (nSPS) is 10.5. The molecule has 28 heavy (non-hydrogen) atoms. The van der Waals surface area contributed by atoms with Gasteiger partial charge in [0.25, 0.3) is 11.6 Å². The van der Waals surface area contributed by atoms with Gasteiger partial charge in [-0.1, -0.05) is 42.5 Å². The van der Waals surface area contributed by atoms with E-state index in [1.54, 1.807) is 32.3 Å². The summed E-state index contributed by atoms with van der Waals surface area (Å²) in [4.78, 5) is 24.9. The van der Waals surface area contributed by atoms with E-state index in [2.05, 4.69) is 0 Å². The molecular formula is C23H22N2O3. The zero-order valence-corrected chi connectivity index (χ0v) is 16.0. The molecule has 5 nitrogen and oxygen atoms in total. The summed E-state index contributed by atoms with van der Waals surface area (Å²) < 4.78 is 0. The lowest BCUT2D eigenvalue weighted by atomic mass is 9.96. The van der Waals surface area contributed by atoms with Crippen LogP contribution in [0, 0.1) is 10.1 Å². The van der Waals surface area contributed by atoms with Gasteiger partial charge in [0, 0.05) is 31.3 Å². The molecule has 3 rings (SSSR count). The molecule has 0 saturated carbocycles. The zero-order chi connectivity index (χ0) is 20.1. The molecule has 0 aliphatic heterocycles. The molecule has 0 spiro atoms. The SMILES string of the molecule is CN(C)C(=O)c1cccc(-c2ccc([N+](=O)[O-])c(CCc3ccccc3)c2)c1. The number of amides is 1. The maximum Gasteiger partial charge on any atom is 0.272 e. The number of benzene rings is 3. The zero-order valence-electron chi connectivity index (χ0n) is 16.0. The summed E-state index contributed by atoms with van der Waals surface area (Å²) in [6, 6.07) is 22.4. The van der Waals surface area contributed by atoms with Gasteiger partial charge in [0.1, 0.15) is 0 Å². The largest absolute Gasteiger partial charge is 0.345 e. The molecule has 0 saturated heterocycles. The average molecular weight is 374 g/mol. The maximum absolute atomic E-state index is 12.2. The summed E-state index contributed by atoms with van der Waals surface area (Å²) in [5, 5.41) is 11.5. The molecule has 1 amide bonds. The average Bonchev–Trinajstić information content (AvgIpc) is 2.72. The lowest BCUT2D eigenvalue weighted by Crippen LogP contribution is -2.21. The van der Waals surface area contributed by atoms with E-state index in [1.807, 2.05) is 54.6 Å². The first-order valence-corrected chi connectivity index (χ1v) is 9.09. The van der Waals surface area contributed by atoms with Crippen LogP contribution in [0.25, 0.3) is 11.1 Å². The van der Waals surface area contributed by atoms with Crippen LogP contribution in [-0.2, 0) is 12.8 Å². The fourth-order valence-corrected chi connectivity index (χ4v) is 3.16. The third-order valence-corrected chi connectivity index (χ3v) is 4.65. The number of hydrogen-bond donors (Lipinski definition) is 0. The highest BCUT2D eigenvalue weighted by Gasteiger charge is 2.16. The highest BCUT2D eigenvalue weighted by Crippen LogP contribution is 2.28. The molecule has 0 aliphatic rings. The van der Waals surface area contributed by atoms with E-state index in [9.17, 15) is 14.9 Å². The first-order valence-electron chi connectivity index (χ1n) is 9.09. The molecular weight excluding hydrogens is 352 g/mol. The minimum atomic E-state index is -0.337. The Bertz CT molecular complexity index is 998. The fourth-order valence-electron chi connectivity index (χ4n) is 3.16. The van der Waals surface area contributed by atoms with E-state index in [0.29, 0.717) is 17.5 Å². The van der Waals surface area contributed by atoms with Gasteiger partial charge in [0.05, 0.1) is 4.92 Å². The number of aryl methyl sites for hydroxylation is 2. The summed E-state index contributed by atoms with van der Waals surface area (Å²) in [7, 11) is 3.42. The van der Waals surface area contributed by atoms with Crippen LogP contribution in [0.4, 0.5) is 5.69 Å². The van der Waals surface area contributed by atoms with Gasteiger partial charge < -0.3 is 4.90 Å². The van der Waals surface area contributed by atoms with Crippen molar-refractivity contribution in [2.45, 2.75) is 12.8 Å². The van der Waals surface area contributed by atoms with E-state index in [1.165, 1.54) is 4.90 Å². The summed E-state index contributed by atoms with van der Waals surface area (Å²) in [5.41, 5.74) is 4.27. The van der Waals surface area contributed by atoms with E-state index in [4.69, 9.17) is 0 Å². The number of hydrogen-bond acceptors (Lipinski definition) is 3. The van der Waals surface area contributed by atoms with Gasteiger partial charge in [-0.15, -0.1) is 0 Å². The Labute approximate surface area is 164 Å². The highest BCUT2D eigenvalue weighted by molar-refractivity contribution is 5.95. The summed E-state index contributed by atoms with van der Waals surface area (Å²) in [6.07, 6.45) is 1.30. The number of carbonyl (C=O) groups excluding carboxylic acids is 1. The second kappa shape index (κ2) is 8.48. The molecule has 0 radical (unpaired) electrons. The molecule has 0 bridgehead atoms. The Balaban J connectivity index is 1.93. The summed E-state index contributed by atoms with van der Waals surface area (Å²) in [6.45, 7) is 0. The Morgan fingerprint density at radius 1 is 0.893 bits per heavy atom. The summed E-state index contributed by atoms with van der Waals surface area (Å²) in [5.74, 6) is -0.0759. The van der Waals surface area contributed by atoms with Gasteiger partial charge in [0.15, 0.2) is 0 Å². The molecule has 3 aromatic carbocycles. The summed E-state index contributed by atoms with van der Waals surface area (Å²) >= 11 is 0. The van der Waals surface area contributed by atoms with Crippen LogP contribution in [0.1, 0.15) is 21.5 Å². The van der Waals surface area contributed by atoms with Gasteiger partial charge in [-0.3, -0.25) is 14.9 Å². The number of nitro groups is 1. The molecule has 0 atom stereocenters. The van der Waals surface area contributed by atoms with E-state index in [-0.39, 0.29) is 16.5 Å². The van der Waals surface area contributed by atoms with Crippen molar-refractivity contribution in [3.8, 4) is 11.1 Å². The van der Waals surface area contributed by atoms with Crippen LogP contribution in [0.5, 0.6) is 0 Å². The van der Waals surface area contributed by atoms with Crippen LogP contribution in [0.2, 0.25) is 0 Å². The molecule has 0 fully saturated rings. The molecule has 0 N–H and O–H groups in total. The number of carbonyl (C=O) groups is 1. The standard InChI is InChI=1S/C23H22N2O3/c1-24(2)23(26)21-10-6-9-18(16-21)19-13-14-22(25(27)28)20(15-19)12-11-17-7-4-3-5-8-17/h3-10,13-16H,11-12H2,1-2H3. The Morgan fingerprint density at radius 2 is 1.61 bits per heavy atom. The van der Waals surface area contributed by atoms with Crippen LogP contribution < -0.4 is 0 Å². The Morgan fingerprint density at radius 3 is 2.29 bits per heavy atom. The quantitative estimate of drug-likeness (QED) is 0.462. The highest BCUT2D eigenvalue weighted by atomic mass is 16.6. The van der Waals surface area contributed by atoms with Crippen molar-refractivity contribution >= 4 is 11.6 Å². The maximum atomic E-state index is 12.2. The topological polar surface area (TPSA) is 63.5 Å². The first kappa shape index (κ1) is 19.3. The van der Waals surface area contributed by atoms with Gasteiger partial charge in [-0.25, -0.2) is 0 Å². The van der Waals surface area contributed by atoms with Crippen molar-refractivity contribution in [2.24, 2.45) is 0 Å². The molecule has 142 valence electrons. The van der Waals surface area contributed by atoms with Gasteiger partial charge >= 0.3 is 0 Å². The molecule has 0 heterocycles. The van der Waals surface area contributed by atoms with Gasteiger partial charge in [-0.2, -0.15) is 0 Å². The lowest BCUT2D eigenvalue weighted by molar-refractivity contribution is -0.385. The fraction of sp³-hybridized carbons (Fsp3) is 0.174. The van der Waals surface area contributed by atoms with E-state index < -0.39 is 0 Å². The van der Waals surface area contributed by atoms with Crippen molar-refractivity contribution in [2.75, 3.05) is 14.1 Å². The third-order valence-electron chi connectivity index (χ3n) is 4.65. The molecule has 0 aromatic heterocycles. The Kier molecular flexibility index (Phi) is 5.84. The number of rotatable bonds is 6. The van der Waals surface area contributed by atoms with Crippen LogP contribution >= 0.6 is 0 Å². The predicted octanol–water partition coefficient (Wildman–Crippen LogP) is 4.75. The second-order valence-electron chi connectivity index (χ2n) is 6.87. The number of nitrogens with zero attached hydrogens (tertiary/aromatic N) is 2. The minimum Gasteiger partial charge on any atom is -0.345 e. The van der Waals surface area contributed by atoms with Crippen molar-refractivity contribution in [1.29, 1.82) is 0 Å². The van der Waals surface area contributed by atoms with Crippen LogP contribution in [-0.4, -0.2) is 29.8 Å². The Hall–Kier alpha value is -3.47. The second-order valence-corrected chi connectivity index (χ2v) is 6.87. The van der Waals surface area contributed by atoms with Gasteiger partial charge in [0.2, 0.25) is 0 Å². The van der Waals surface area contributed by atoms with Crippen molar-refractivity contribution in [3.05, 3.63) is 99.6 Å². The van der Waals surface area contributed by atoms with Gasteiger partial charge in [-0.05, 0) is 53.8 Å². The number of nitro benzene ring substituents is 1. The van der Waals surface area contributed by atoms with Crippen molar-refractivity contribution in [3.63, 3.8) is 0 Å². The van der Waals surface area contributed by atoms with Crippen molar-refractivity contribution in [1.82, 2.24) is 4.90 Å². The van der Waals surface area contributed by atoms with E-state index in [0.717, 1.165) is 23.1 Å². The molecule has 0 unspecified atom stereocenters. The lowest BCUT2D eigenvalue weighted by Gasteiger charge is -2.12. The van der Waals surface area contributed by atoms with E-state index >= 15 is 0 Å². The monoisotopic (exact) mass is 374 g/mol. The third kappa shape index (κ3) is 4.43. The minimum absolute atomic E-state index is 0.0759. The molecule has 3 aromatic rings. The van der Waals surface area contributed by atoms with Crippen LogP contribution in [0.15, 0.2) is 72.8 Å².